The molecule has 0 aliphatic heterocycles. The number of alkyl halides is 3. The molecule has 2 N–H and O–H groups in total. The fourth-order valence-corrected chi connectivity index (χ4v) is 3.37. The van der Waals surface area contributed by atoms with Gasteiger partial charge in [-0.05, 0) is 13.0 Å². The zero-order chi connectivity index (χ0) is 23.4. The van der Waals surface area contributed by atoms with Crippen molar-refractivity contribution in [2.24, 2.45) is 7.05 Å². The van der Waals surface area contributed by atoms with Gasteiger partial charge in [0.15, 0.2) is 17.5 Å². The van der Waals surface area contributed by atoms with Crippen LogP contribution in [0.4, 0.5) is 19.0 Å². The molecule has 2 aromatic heterocycles. The maximum Gasteiger partial charge on any atom is 0.417 e. The summed E-state index contributed by atoms with van der Waals surface area (Å²) in [5.74, 6) is -1.64. The van der Waals surface area contributed by atoms with Crippen LogP contribution in [-0.4, -0.2) is 48.0 Å². The van der Waals surface area contributed by atoms with Crippen molar-refractivity contribution in [1.29, 1.82) is 0 Å². The molecule has 2 rings (SSSR count). The largest absolute Gasteiger partial charge is 0.456 e. The van der Waals surface area contributed by atoms with Gasteiger partial charge in [-0.15, -0.1) is 0 Å². The van der Waals surface area contributed by atoms with Crippen LogP contribution in [0.5, 0.6) is 0 Å². The molecular weight excluding hydrogens is 467 g/mol. The van der Waals surface area contributed by atoms with Gasteiger partial charge in [0.05, 0.1) is 17.0 Å². The summed E-state index contributed by atoms with van der Waals surface area (Å²) in [7, 11) is -2.30. The maximum atomic E-state index is 12.6. The second-order valence-electron chi connectivity index (χ2n) is 6.15. The van der Waals surface area contributed by atoms with Gasteiger partial charge >= 0.3 is 12.1 Å². The Morgan fingerprint density at radius 2 is 2.00 bits per heavy atom. The van der Waals surface area contributed by atoms with Gasteiger partial charge in [0.2, 0.25) is 0 Å². The van der Waals surface area contributed by atoms with E-state index in [2.05, 4.69) is 24.7 Å². The van der Waals surface area contributed by atoms with Crippen LogP contribution in [0.25, 0.3) is 0 Å². The van der Waals surface area contributed by atoms with E-state index < -0.39 is 45.3 Å². The number of hydrogen-bond donors (Lipinski definition) is 2. The zero-order valence-electron chi connectivity index (χ0n) is 16.2. The Morgan fingerprint density at radius 1 is 1.32 bits per heavy atom. The molecule has 0 saturated carbocycles. The molecule has 10 nitrogen and oxygen atoms in total. The van der Waals surface area contributed by atoms with Gasteiger partial charge in [-0.2, -0.15) is 13.2 Å². The van der Waals surface area contributed by atoms with Crippen LogP contribution in [0, 0.1) is 6.92 Å². The number of aromatic nitrogens is 3. The topological polar surface area (TPSA) is 132 Å². The Hall–Kier alpha value is -2.71. The second-order valence-corrected chi connectivity index (χ2v) is 8.27. The molecule has 170 valence electrons. The Kier molecular flexibility index (Phi) is 7.62. The molecule has 2 heterocycles. The average Bonchev–Trinajstić information content (AvgIpc) is 3.00. The summed E-state index contributed by atoms with van der Waals surface area (Å²) < 4.78 is 70.2. The van der Waals surface area contributed by atoms with Gasteiger partial charge in [0.1, 0.15) is 5.82 Å². The highest BCUT2D eigenvalue weighted by atomic mass is 35.5. The highest BCUT2D eigenvalue weighted by Crippen LogP contribution is 2.32. The number of nitrogens with zero attached hydrogens (tertiary/aromatic N) is 3. The summed E-state index contributed by atoms with van der Waals surface area (Å²) >= 11 is 5.66. The highest BCUT2D eigenvalue weighted by molar-refractivity contribution is 7.89. The summed E-state index contributed by atoms with van der Waals surface area (Å²) in [6.45, 7) is 0.545. The summed E-state index contributed by atoms with van der Waals surface area (Å²) in [4.78, 5) is 30.7. The molecule has 0 fully saturated rings. The van der Waals surface area contributed by atoms with E-state index in [0.717, 1.165) is 0 Å². The molecule has 0 saturated heterocycles. The van der Waals surface area contributed by atoms with Crippen molar-refractivity contribution in [3.63, 3.8) is 0 Å². The first-order valence-electron chi connectivity index (χ1n) is 8.47. The fourth-order valence-electron chi connectivity index (χ4n) is 2.09. The number of aryl methyl sites for hydroxylation is 2. The standard InChI is InChI=1S/C16H17ClF3N5O5S/c1-9-23-13(7-25(9)2)31(28,29)22-4-3-14(27)30-8-12(26)24-15-11(17)5-10(6-21-15)16(18,19)20/h5-7,22H,3-4,8H2,1-2H3,(H,21,24,26). The number of nitrogens with one attached hydrogen (secondary N) is 2. The van der Waals surface area contributed by atoms with E-state index in [1.54, 1.807) is 14.0 Å². The third-order valence-electron chi connectivity index (χ3n) is 3.77. The summed E-state index contributed by atoms with van der Waals surface area (Å²) in [5.41, 5.74) is -1.09. The monoisotopic (exact) mass is 483 g/mol. The van der Waals surface area contributed by atoms with Gasteiger partial charge < -0.3 is 14.6 Å². The molecule has 0 aromatic carbocycles. The predicted molar refractivity (Wildman–Crippen MR) is 102 cm³/mol. The lowest BCUT2D eigenvalue weighted by Crippen LogP contribution is -2.28. The minimum Gasteiger partial charge on any atom is -0.456 e. The SMILES string of the molecule is Cc1nc(S(=O)(=O)NCCC(=O)OCC(=O)Nc2ncc(C(F)(F)F)cc2Cl)cn1C. The number of carbonyl (C=O) groups is 2. The number of ether oxygens (including phenoxy) is 1. The fraction of sp³-hybridized carbons (Fsp3) is 0.375. The summed E-state index contributed by atoms with van der Waals surface area (Å²) in [5, 5.41) is 1.45. The van der Waals surface area contributed by atoms with Crippen LogP contribution in [0.15, 0.2) is 23.5 Å². The van der Waals surface area contributed by atoms with Gasteiger partial charge in [-0.1, -0.05) is 11.6 Å². The first-order chi connectivity index (χ1) is 14.3. The van der Waals surface area contributed by atoms with Gasteiger partial charge in [-0.3, -0.25) is 9.59 Å². The summed E-state index contributed by atoms with van der Waals surface area (Å²) in [6.07, 6.45) is -3.23. The first-order valence-corrected chi connectivity index (χ1v) is 10.3. The van der Waals surface area contributed by atoms with Crippen molar-refractivity contribution < 1.29 is 35.9 Å². The zero-order valence-corrected chi connectivity index (χ0v) is 17.7. The normalized spacial score (nSPS) is 11.9. The van der Waals surface area contributed by atoms with E-state index >= 15 is 0 Å². The van der Waals surface area contributed by atoms with E-state index in [-0.39, 0.29) is 23.8 Å². The Labute approximate surface area is 179 Å². The molecule has 0 bridgehead atoms. The average molecular weight is 484 g/mol. The Balaban J connectivity index is 1.79. The van der Waals surface area contributed by atoms with Crippen LogP contribution in [0.2, 0.25) is 5.02 Å². The third-order valence-corrected chi connectivity index (χ3v) is 5.39. The van der Waals surface area contributed by atoms with Crippen molar-refractivity contribution in [1.82, 2.24) is 19.3 Å². The van der Waals surface area contributed by atoms with Crippen LogP contribution in [0.3, 0.4) is 0 Å². The maximum absolute atomic E-state index is 12.6. The number of amides is 1. The first kappa shape index (κ1) is 24.6. The van der Waals surface area contributed by atoms with Crippen molar-refractivity contribution >= 4 is 39.3 Å². The molecule has 0 atom stereocenters. The lowest BCUT2D eigenvalue weighted by molar-refractivity contribution is -0.147. The second kappa shape index (κ2) is 9.62. The number of esters is 1. The number of pyridine rings is 1. The lowest BCUT2D eigenvalue weighted by atomic mass is 10.3. The molecule has 0 spiro atoms. The lowest BCUT2D eigenvalue weighted by Gasteiger charge is -2.10. The van der Waals surface area contributed by atoms with Gasteiger partial charge in [0.25, 0.3) is 15.9 Å². The number of anilines is 1. The number of hydrogen-bond acceptors (Lipinski definition) is 7. The molecule has 15 heteroatoms. The van der Waals surface area contributed by atoms with E-state index in [0.29, 0.717) is 18.1 Å². The van der Waals surface area contributed by atoms with Crippen LogP contribution in [0.1, 0.15) is 17.8 Å². The van der Waals surface area contributed by atoms with Crippen LogP contribution in [-0.2, 0) is 37.6 Å². The van der Waals surface area contributed by atoms with Gasteiger partial charge in [0, 0.05) is 26.0 Å². The van der Waals surface area contributed by atoms with Crippen LogP contribution < -0.4 is 10.0 Å². The van der Waals surface area contributed by atoms with Crippen molar-refractivity contribution in [2.75, 3.05) is 18.5 Å². The van der Waals surface area contributed by atoms with Crippen molar-refractivity contribution in [3.05, 3.63) is 34.9 Å². The van der Waals surface area contributed by atoms with Crippen molar-refractivity contribution in [2.45, 2.75) is 24.5 Å². The third kappa shape index (κ3) is 6.90. The van der Waals surface area contributed by atoms with E-state index in [1.807, 2.05) is 0 Å². The number of rotatable bonds is 8. The molecule has 2 aromatic rings. The number of sulfonamides is 1. The van der Waals surface area contributed by atoms with E-state index in [4.69, 9.17) is 11.6 Å². The van der Waals surface area contributed by atoms with Gasteiger partial charge in [-0.25, -0.2) is 23.1 Å². The minimum atomic E-state index is -4.65. The minimum absolute atomic E-state index is 0.207. The molecular formula is C16H17ClF3N5O5S. The van der Waals surface area contributed by atoms with E-state index in [1.165, 1.54) is 10.8 Å². The molecule has 0 aliphatic carbocycles. The Morgan fingerprint density at radius 3 is 2.55 bits per heavy atom. The van der Waals surface area contributed by atoms with E-state index in [9.17, 15) is 31.2 Å². The molecule has 1 amide bonds. The van der Waals surface area contributed by atoms with Crippen LogP contribution >= 0.6 is 11.6 Å². The predicted octanol–water partition coefficient (Wildman–Crippen LogP) is 1.65. The molecule has 0 radical (unpaired) electrons. The van der Waals surface area contributed by atoms with Crippen molar-refractivity contribution in [3.8, 4) is 0 Å². The quantitative estimate of drug-likeness (QED) is 0.545. The molecule has 0 aliphatic rings. The number of carbonyl (C=O) groups excluding carboxylic acids is 2. The molecule has 0 unspecified atom stereocenters. The number of halogens is 4. The Bertz CT molecular complexity index is 1070. The molecule has 31 heavy (non-hydrogen) atoms. The smallest absolute Gasteiger partial charge is 0.417 e. The number of imidazole rings is 1. The summed E-state index contributed by atoms with van der Waals surface area (Å²) in [6, 6.07) is 0.589. The highest BCUT2D eigenvalue weighted by Gasteiger charge is 2.31.